The number of ether oxygens (including phenoxy) is 1. The summed E-state index contributed by atoms with van der Waals surface area (Å²) in [6.45, 7) is 3.76. The van der Waals surface area contributed by atoms with Gasteiger partial charge in [-0.25, -0.2) is 0 Å². The van der Waals surface area contributed by atoms with Gasteiger partial charge in [0.05, 0.1) is 5.54 Å². The fourth-order valence-corrected chi connectivity index (χ4v) is 1.46. The quantitative estimate of drug-likeness (QED) is 0.828. The Kier molecular flexibility index (Phi) is 3.89. The molecule has 0 aromatic heterocycles. The first-order valence-corrected chi connectivity index (χ1v) is 6.18. The number of benzene rings is 2. The molecule has 0 aliphatic carbocycles. The number of hydrogen-bond donors (Lipinski definition) is 1. The van der Waals surface area contributed by atoms with Crippen LogP contribution < -0.4 is 10.5 Å². The van der Waals surface area contributed by atoms with E-state index in [4.69, 9.17) is 10.5 Å². The van der Waals surface area contributed by atoms with Crippen LogP contribution in [0.2, 0.25) is 0 Å². The van der Waals surface area contributed by atoms with Gasteiger partial charge in [0.1, 0.15) is 11.5 Å². The maximum atomic E-state index is 5.82. The Morgan fingerprint density at radius 3 is 2.05 bits per heavy atom. The Bertz CT molecular complexity index is 583. The molecule has 2 rings (SSSR count). The zero-order valence-corrected chi connectivity index (χ0v) is 11.2. The van der Waals surface area contributed by atoms with E-state index in [9.17, 15) is 0 Å². The fourth-order valence-electron chi connectivity index (χ4n) is 1.46. The van der Waals surface area contributed by atoms with Crippen LogP contribution in [0.1, 0.15) is 19.4 Å². The van der Waals surface area contributed by atoms with Gasteiger partial charge >= 0.3 is 0 Å². The number of nitrogens with two attached hydrogens (primary N) is 1. The Morgan fingerprint density at radius 2 is 1.47 bits per heavy atom. The van der Waals surface area contributed by atoms with E-state index < -0.39 is 5.54 Å². The molecule has 0 atom stereocenters. The molecule has 2 nitrogen and oxygen atoms in total. The van der Waals surface area contributed by atoms with Crippen LogP contribution in [0.25, 0.3) is 0 Å². The highest BCUT2D eigenvalue weighted by atomic mass is 16.5. The van der Waals surface area contributed by atoms with E-state index in [-0.39, 0.29) is 0 Å². The number of rotatable bonds is 2. The molecule has 0 aliphatic heterocycles. The predicted molar refractivity (Wildman–Crippen MR) is 78.1 cm³/mol. The molecule has 0 fully saturated rings. The molecule has 2 aromatic carbocycles. The summed E-state index contributed by atoms with van der Waals surface area (Å²) in [6.07, 6.45) is 0. The SMILES string of the molecule is CC(C)(N)C#Cc1ccc(Oc2ccccc2)cc1. The third-order valence-corrected chi connectivity index (χ3v) is 2.36. The van der Waals surface area contributed by atoms with Crippen molar-refractivity contribution in [3.05, 3.63) is 60.2 Å². The van der Waals surface area contributed by atoms with E-state index in [1.165, 1.54) is 0 Å². The average molecular weight is 251 g/mol. The van der Waals surface area contributed by atoms with Crippen molar-refractivity contribution in [3.8, 4) is 23.3 Å². The first-order chi connectivity index (χ1) is 9.03. The minimum absolute atomic E-state index is 0.473. The Morgan fingerprint density at radius 1 is 0.895 bits per heavy atom. The zero-order valence-electron chi connectivity index (χ0n) is 11.2. The third kappa shape index (κ3) is 4.50. The molecular formula is C17H17NO. The van der Waals surface area contributed by atoms with Crippen molar-refractivity contribution in [3.63, 3.8) is 0 Å². The Labute approximate surface area is 114 Å². The first kappa shape index (κ1) is 13.2. The summed E-state index contributed by atoms with van der Waals surface area (Å²) in [7, 11) is 0. The van der Waals surface area contributed by atoms with E-state index in [0.29, 0.717) is 0 Å². The molecule has 19 heavy (non-hydrogen) atoms. The molecule has 0 heterocycles. The normalized spacial score (nSPS) is 10.5. The maximum Gasteiger partial charge on any atom is 0.127 e. The van der Waals surface area contributed by atoms with Gasteiger partial charge in [-0.2, -0.15) is 0 Å². The van der Waals surface area contributed by atoms with Crippen LogP contribution in [0.15, 0.2) is 54.6 Å². The lowest BCUT2D eigenvalue weighted by Gasteiger charge is -2.07. The molecule has 0 saturated heterocycles. The van der Waals surface area contributed by atoms with Crippen molar-refractivity contribution in [2.45, 2.75) is 19.4 Å². The van der Waals surface area contributed by atoms with Gasteiger partial charge in [-0.05, 0) is 50.2 Å². The van der Waals surface area contributed by atoms with Gasteiger partial charge < -0.3 is 10.5 Å². The van der Waals surface area contributed by atoms with Crippen LogP contribution >= 0.6 is 0 Å². The molecule has 2 N–H and O–H groups in total. The van der Waals surface area contributed by atoms with Crippen LogP contribution in [-0.4, -0.2) is 5.54 Å². The van der Waals surface area contributed by atoms with E-state index in [1.54, 1.807) is 0 Å². The molecule has 0 aliphatic rings. The monoisotopic (exact) mass is 251 g/mol. The lowest BCUT2D eigenvalue weighted by molar-refractivity contribution is 0.482. The molecule has 0 amide bonds. The zero-order chi connectivity index (χ0) is 13.7. The minimum atomic E-state index is -0.473. The molecule has 96 valence electrons. The highest BCUT2D eigenvalue weighted by molar-refractivity contribution is 5.41. The smallest absolute Gasteiger partial charge is 0.127 e. The summed E-state index contributed by atoms with van der Waals surface area (Å²) in [5.41, 5.74) is 6.27. The minimum Gasteiger partial charge on any atom is -0.457 e. The van der Waals surface area contributed by atoms with Crippen LogP contribution in [0.3, 0.4) is 0 Å². The van der Waals surface area contributed by atoms with E-state index in [0.717, 1.165) is 17.1 Å². The van der Waals surface area contributed by atoms with Crippen molar-refractivity contribution in [2.75, 3.05) is 0 Å². The van der Waals surface area contributed by atoms with Crippen LogP contribution in [0.4, 0.5) is 0 Å². The summed E-state index contributed by atoms with van der Waals surface area (Å²) in [5.74, 6) is 7.66. The number of para-hydroxylation sites is 1. The van der Waals surface area contributed by atoms with Crippen LogP contribution in [-0.2, 0) is 0 Å². The van der Waals surface area contributed by atoms with Gasteiger partial charge in [-0.15, -0.1) is 0 Å². The van der Waals surface area contributed by atoms with Crippen LogP contribution in [0.5, 0.6) is 11.5 Å². The lowest BCUT2D eigenvalue weighted by Crippen LogP contribution is -2.29. The van der Waals surface area contributed by atoms with Gasteiger partial charge in [0.25, 0.3) is 0 Å². The standard InChI is InChI=1S/C17H17NO/c1-17(2,18)13-12-14-8-10-16(11-9-14)19-15-6-4-3-5-7-15/h3-11H,18H2,1-2H3. The summed E-state index contributed by atoms with van der Waals surface area (Å²) < 4.78 is 5.71. The van der Waals surface area contributed by atoms with Gasteiger partial charge in [0, 0.05) is 5.56 Å². The molecular weight excluding hydrogens is 234 g/mol. The molecule has 0 saturated carbocycles. The van der Waals surface area contributed by atoms with E-state index in [1.807, 2.05) is 68.4 Å². The summed E-state index contributed by atoms with van der Waals surface area (Å²) in [4.78, 5) is 0. The van der Waals surface area contributed by atoms with Crippen molar-refractivity contribution in [2.24, 2.45) is 5.73 Å². The second-order valence-electron chi connectivity index (χ2n) is 4.91. The second kappa shape index (κ2) is 5.60. The summed E-state index contributed by atoms with van der Waals surface area (Å²) in [6, 6.07) is 17.3. The van der Waals surface area contributed by atoms with Crippen molar-refractivity contribution in [1.29, 1.82) is 0 Å². The molecule has 0 spiro atoms. The molecule has 2 aromatic rings. The molecule has 0 unspecified atom stereocenters. The first-order valence-electron chi connectivity index (χ1n) is 6.18. The summed E-state index contributed by atoms with van der Waals surface area (Å²) >= 11 is 0. The van der Waals surface area contributed by atoms with E-state index in [2.05, 4.69) is 11.8 Å². The van der Waals surface area contributed by atoms with Gasteiger partial charge in [-0.3, -0.25) is 0 Å². The second-order valence-corrected chi connectivity index (χ2v) is 4.91. The van der Waals surface area contributed by atoms with Gasteiger partial charge in [-0.1, -0.05) is 30.0 Å². The highest BCUT2D eigenvalue weighted by Gasteiger charge is 2.03. The topological polar surface area (TPSA) is 35.2 Å². The predicted octanol–water partition coefficient (Wildman–Crippen LogP) is 3.57. The van der Waals surface area contributed by atoms with Crippen molar-refractivity contribution < 1.29 is 4.74 Å². The molecule has 0 bridgehead atoms. The summed E-state index contributed by atoms with van der Waals surface area (Å²) in [5, 5.41) is 0. The van der Waals surface area contributed by atoms with E-state index >= 15 is 0 Å². The lowest BCUT2D eigenvalue weighted by atomic mass is 10.1. The molecule has 0 radical (unpaired) electrons. The third-order valence-electron chi connectivity index (χ3n) is 2.36. The average Bonchev–Trinajstić information content (AvgIpc) is 2.38. The van der Waals surface area contributed by atoms with Crippen molar-refractivity contribution in [1.82, 2.24) is 0 Å². The Hall–Kier alpha value is -2.24. The Balaban J connectivity index is 2.08. The highest BCUT2D eigenvalue weighted by Crippen LogP contribution is 2.20. The molecule has 2 heteroatoms. The maximum absolute atomic E-state index is 5.82. The number of hydrogen-bond acceptors (Lipinski definition) is 2. The van der Waals surface area contributed by atoms with Crippen molar-refractivity contribution >= 4 is 0 Å². The van der Waals surface area contributed by atoms with Gasteiger partial charge in [0.15, 0.2) is 0 Å². The van der Waals surface area contributed by atoms with Gasteiger partial charge in [0.2, 0.25) is 0 Å². The largest absolute Gasteiger partial charge is 0.457 e. The fraction of sp³-hybridized carbons (Fsp3) is 0.176. The van der Waals surface area contributed by atoms with Crippen LogP contribution in [0, 0.1) is 11.8 Å².